The van der Waals surface area contributed by atoms with Gasteiger partial charge >= 0.3 is 0 Å². The van der Waals surface area contributed by atoms with Gasteiger partial charge in [-0.3, -0.25) is 14.4 Å². The first-order valence-electron chi connectivity index (χ1n) is 12.6. The Morgan fingerprint density at radius 2 is 1.76 bits per heavy atom. The lowest BCUT2D eigenvalue weighted by molar-refractivity contribution is -0.384. The number of nitrogens with one attached hydrogen (secondary N) is 1. The van der Waals surface area contributed by atoms with Crippen LogP contribution in [-0.4, -0.2) is 36.7 Å². The number of nitro benzene ring substituents is 1. The third-order valence-corrected chi connectivity index (χ3v) is 8.50. The normalized spacial score (nSPS) is 18.3. The molecule has 3 aromatic carbocycles. The van der Waals surface area contributed by atoms with Crippen LogP contribution in [0.2, 0.25) is 0 Å². The van der Waals surface area contributed by atoms with Gasteiger partial charge < -0.3 is 15.2 Å². The van der Waals surface area contributed by atoms with Crippen LogP contribution in [-0.2, 0) is 16.6 Å². The molecule has 0 aliphatic carbocycles. The van der Waals surface area contributed by atoms with Gasteiger partial charge in [0.25, 0.3) is 15.7 Å². The Hall–Kier alpha value is -3.47. The number of aliphatic hydroxyl groups is 1. The third-order valence-electron chi connectivity index (χ3n) is 6.71. The Kier molecular flexibility index (Phi) is 8.05. The van der Waals surface area contributed by atoms with Crippen molar-refractivity contribution in [2.45, 2.75) is 62.8 Å². The van der Waals surface area contributed by atoms with Crippen molar-refractivity contribution >= 4 is 21.4 Å². The van der Waals surface area contributed by atoms with E-state index in [1.165, 1.54) is 28.6 Å². The molecule has 4 rings (SSSR count). The topological polar surface area (TPSA) is 122 Å². The van der Waals surface area contributed by atoms with Crippen molar-refractivity contribution in [3.63, 3.8) is 0 Å². The first-order chi connectivity index (χ1) is 18.0. The molecule has 202 valence electrons. The SMILES string of the molecule is CCCCN[C@H]1c2cc(CN(c3ccccc3)S(=O)(=O)c3ccc([N+](=O)[O-])cc3)ccc2OC(C)(C)[C@@H]1O. The number of sulfonamides is 1. The van der Waals surface area contributed by atoms with Crippen LogP contribution in [0.3, 0.4) is 0 Å². The molecule has 3 aromatic rings. The highest BCUT2D eigenvalue weighted by molar-refractivity contribution is 7.92. The monoisotopic (exact) mass is 539 g/mol. The highest BCUT2D eigenvalue weighted by Crippen LogP contribution is 2.41. The number of para-hydroxylation sites is 1. The molecule has 10 heteroatoms. The third kappa shape index (κ3) is 5.67. The van der Waals surface area contributed by atoms with Crippen LogP contribution in [0.4, 0.5) is 11.4 Å². The van der Waals surface area contributed by atoms with Gasteiger partial charge in [-0.1, -0.05) is 37.6 Å². The molecule has 0 fully saturated rings. The van der Waals surface area contributed by atoms with Crippen molar-refractivity contribution in [1.82, 2.24) is 5.32 Å². The second-order valence-electron chi connectivity index (χ2n) is 9.91. The van der Waals surface area contributed by atoms with Crippen LogP contribution in [0.15, 0.2) is 77.7 Å². The predicted octanol–water partition coefficient (Wildman–Crippen LogP) is 4.95. The van der Waals surface area contributed by atoms with Gasteiger partial charge in [-0.15, -0.1) is 0 Å². The van der Waals surface area contributed by atoms with Gasteiger partial charge in [-0.25, -0.2) is 8.42 Å². The van der Waals surface area contributed by atoms with E-state index in [0.717, 1.165) is 24.9 Å². The molecule has 0 saturated carbocycles. The largest absolute Gasteiger partial charge is 0.485 e. The summed E-state index contributed by atoms with van der Waals surface area (Å²) in [4.78, 5) is 10.4. The number of nitro groups is 1. The maximum absolute atomic E-state index is 13.8. The summed E-state index contributed by atoms with van der Waals surface area (Å²) < 4.78 is 34.9. The van der Waals surface area contributed by atoms with E-state index in [1.54, 1.807) is 30.3 Å². The number of anilines is 1. The number of benzene rings is 3. The zero-order valence-corrected chi connectivity index (χ0v) is 22.5. The van der Waals surface area contributed by atoms with Crippen LogP contribution < -0.4 is 14.4 Å². The molecular weight excluding hydrogens is 506 g/mol. The molecule has 0 amide bonds. The number of ether oxygens (including phenoxy) is 1. The Balaban J connectivity index is 1.72. The Labute approximate surface area is 223 Å². The maximum atomic E-state index is 13.8. The van der Waals surface area contributed by atoms with Gasteiger partial charge in [0.05, 0.1) is 28.1 Å². The Morgan fingerprint density at radius 3 is 2.39 bits per heavy atom. The van der Waals surface area contributed by atoms with Crippen LogP contribution in [0.5, 0.6) is 5.75 Å². The molecule has 38 heavy (non-hydrogen) atoms. The highest BCUT2D eigenvalue weighted by Gasteiger charge is 2.42. The van der Waals surface area contributed by atoms with Crippen molar-refractivity contribution in [2.75, 3.05) is 10.8 Å². The van der Waals surface area contributed by atoms with Crippen molar-refractivity contribution < 1.29 is 23.2 Å². The highest BCUT2D eigenvalue weighted by atomic mass is 32.2. The van der Waals surface area contributed by atoms with Crippen molar-refractivity contribution in [3.8, 4) is 5.75 Å². The molecule has 1 heterocycles. The zero-order valence-electron chi connectivity index (χ0n) is 21.7. The van der Waals surface area contributed by atoms with E-state index in [2.05, 4.69) is 12.2 Å². The van der Waals surface area contributed by atoms with Gasteiger partial charge in [0.2, 0.25) is 0 Å². The molecule has 1 aliphatic heterocycles. The maximum Gasteiger partial charge on any atom is 0.269 e. The Morgan fingerprint density at radius 1 is 1.08 bits per heavy atom. The van der Waals surface area contributed by atoms with Crippen molar-refractivity contribution in [1.29, 1.82) is 0 Å². The van der Waals surface area contributed by atoms with E-state index in [9.17, 15) is 23.6 Å². The molecule has 0 saturated heterocycles. The molecule has 9 nitrogen and oxygen atoms in total. The summed E-state index contributed by atoms with van der Waals surface area (Å²) in [7, 11) is -4.06. The number of fused-ring (bicyclic) bond motifs is 1. The number of hydrogen-bond acceptors (Lipinski definition) is 7. The van der Waals surface area contributed by atoms with Crippen molar-refractivity contribution in [2.24, 2.45) is 0 Å². The van der Waals surface area contributed by atoms with E-state index in [4.69, 9.17) is 4.74 Å². The fourth-order valence-corrected chi connectivity index (χ4v) is 6.00. The molecule has 0 radical (unpaired) electrons. The number of rotatable bonds is 10. The minimum absolute atomic E-state index is 0.0117. The first kappa shape index (κ1) is 27.6. The molecule has 2 atom stereocenters. The van der Waals surface area contributed by atoms with E-state index < -0.39 is 26.7 Å². The standard InChI is InChI=1S/C28H33N3O6S/c1-4-5-17-29-26-24-18-20(11-16-25(24)37-28(2,3)27(26)32)19-30(21-9-7-6-8-10-21)38(35,36)23-14-12-22(13-15-23)31(33)34/h6-16,18,26-27,29,32H,4-5,17,19H2,1-3H3/t26-,27+/m0/s1. The second-order valence-corrected chi connectivity index (χ2v) is 11.8. The van der Waals surface area contributed by atoms with Gasteiger partial charge in [0.15, 0.2) is 0 Å². The lowest BCUT2D eigenvalue weighted by Gasteiger charge is -2.42. The summed E-state index contributed by atoms with van der Waals surface area (Å²) in [5, 5.41) is 25.6. The van der Waals surface area contributed by atoms with Crippen LogP contribution >= 0.6 is 0 Å². The number of non-ortho nitro benzene ring substituents is 1. The minimum atomic E-state index is -4.06. The fraction of sp³-hybridized carbons (Fsp3) is 0.357. The van der Waals surface area contributed by atoms with Crippen LogP contribution in [0.25, 0.3) is 0 Å². The van der Waals surface area contributed by atoms with E-state index in [0.29, 0.717) is 17.0 Å². The van der Waals surface area contributed by atoms with Crippen LogP contribution in [0, 0.1) is 10.1 Å². The van der Waals surface area contributed by atoms with E-state index in [-0.39, 0.29) is 23.2 Å². The number of unbranched alkanes of at least 4 members (excludes halogenated alkanes) is 1. The Bertz CT molecular complexity index is 1380. The summed E-state index contributed by atoms with van der Waals surface area (Å²) in [6.07, 6.45) is 1.15. The second kappa shape index (κ2) is 11.1. The average molecular weight is 540 g/mol. The van der Waals surface area contributed by atoms with Gasteiger partial charge in [-0.2, -0.15) is 0 Å². The van der Waals surface area contributed by atoms with Gasteiger partial charge in [-0.05, 0) is 68.8 Å². The average Bonchev–Trinajstić information content (AvgIpc) is 2.90. The number of nitrogens with zero attached hydrogens (tertiary/aromatic N) is 2. The van der Waals surface area contributed by atoms with Gasteiger partial charge in [0, 0.05) is 17.7 Å². The quantitative estimate of drug-likeness (QED) is 0.212. The summed E-state index contributed by atoms with van der Waals surface area (Å²) in [6.45, 7) is 6.52. The molecule has 0 bridgehead atoms. The van der Waals surface area contributed by atoms with Crippen LogP contribution in [0.1, 0.15) is 50.8 Å². The molecule has 1 aliphatic rings. The molecule has 2 N–H and O–H groups in total. The molecule has 0 spiro atoms. The van der Waals surface area contributed by atoms with E-state index >= 15 is 0 Å². The fourth-order valence-electron chi connectivity index (χ4n) is 4.55. The van der Waals surface area contributed by atoms with Crippen molar-refractivity contribution in [3.05, 3.63) is 94.0 Å². The summed E-state index contributed by atoms with van der Waals surface area (Å²) in [5.41, 5.74) is 0.946. The molecule has 0 aromatic heterocycles. The number of hydrogen-bond donors (Lipinski definition) is 2. The smallest absolute Gasteiger partial charge is 0.269 e. The van der Waals surface area contributed by atoms with E-state index in [1.807, 2.05) is 32.0 Å². The summed E-state index contributed by atoms with van der Waals surface area (Å²) >= 11 is 0. The molecular formula is C28H33N3O6S. The summed E-state index contributed by atoms with van der Waals surface area (Å²) in [5.74, 6) is 0.641. The lowest BCUT2D eigenvalue weighted by atomic mass is 9.85. The zero-order chi connectivity index (χ0) is 27.5. The number of aliphatic hydroxyl groups excluding tert-OH is 1. The van der Waals surface area contributed by atoms with Gasteiger partial charge in [0.1, 0.15) is 17.5 Å². The lowest BCUT2D eigenvalue weighted by Crippen LogP contribution is -2.52. The first-order valence-corrected chi connectivity index (χ1v) is 14.0. The minimum Gasteiger partial charge on any atom is -0.485 e. The molecule has 0 unspecified atom stereocenters. The summed E-state index contributed by atoms with van der Waals surface area (Å²) in [6, 6.07) is 18.7. The predicted molar refractivity (Wildman–Crippen MR) is 146 cm³/mol.